The molecule has 0 unspecified atom stereocenters. The number of amides is 1. The molecule has 0 bridgehead atoms. The first-order valence-corrected chi connectivity index (χ1v) is 10.6. The fourth-order valence-corrected chi connectivity index (χ4v) is 4.31. The number of nitrogens with zero attached hydrogens (tertiary/aromatic N) is 3. The molecule has 7 heteroatoms. The number of nitrogens with one attached hydrogen (secondary N) is 1. The third-order valence-corrected chi connectivity index (χ3v) is 5.88. The molecule has 160 valence electrons. The maximum atomic E-state index is 13.9. The highest BCUT2D eigenvalue weighted by molar-refractivity contribution is 5.81. The number of rotatable bonds is 5. The quantitative estimate of drug-likeness (QED) is 0.809. The third kappa shape index (κ3) is 4.40. The van der Waals surface area contributed by atoms with Crippen LogP contribution >= 0.6 is 0 Å². The molecular formula is C23H29FN4O2. The molecule has 0 radical (unpaired) electrons. The first-order chi connectivity index (χ1) is 14.3. The summed E-state index contributed by atoms with van der Waals surface area (Å²) in [5.41, 5.74) is 1.96. The van der Waals surface area contributed by atoms with Gasteiger partial charge in [-0.05, 0) is 50.2 Å². The van der Waals surface area contributed by atoms with Gasteiger partial charge in [-0.15, -0.1) is 0 Å². The summed E-state index contributed by atoms with van der Waals surface area (Å²) in [6.45, 7) is 7.99. The number of fused-ring (bicyclic) bond motifs is 1. The van der Waals surface area contributed by atoms with Crippen molar-refractivity contribution in [3.63, 3.8) is 0 Å². The van der Waals surface area contributed by atoms with E-state index in [2.05, 4.69) is 29.0 Å². The molecule has 1 aliphatic heterocycles. The van der Waals surface area contributed by atoms with Gasteiger partial charge in [0.15, 0.2) is 17.7 Å². The second kappa shape index (κ2) is 8.20. The van der Waals surface area contributed by atoms with Gasteiger partial charge in [-0.3, -0.25) is 4.79 Å². The van der Waals surface area contributed by atoms with Gasteiger partial charge in [0.25, 0.3) is 5.91 Å². The van der Waals surface area contributed by atoms with Crippen molar-refractivity contribution in [1.82, 2.24) is 15.3 Å². The van der Waals surface area contributed by atoms with Gasteiger partial charge in [0.05, 0.1) is 11.7 Å². The van der Waals surface area contributed by atoms with Crippen molar-refractivity contribution in [2.75, 3.05) is 18.0 Å². The lowest BCUT2D eigenvalue weighted by Crippen LogP contribution is -2.42. The lowest BCUT2D eigenvalue weighted by Gasteiger charge is -2.37. The zero-order chi connectivity index (χ0) is 21.3. The van der Waals surface area contributed by atoms with E-state index >= 15 is 0 Å². The van der Waals surface area contributed by atoms with Gasteiger partial charge in [-0.1, -0.05) is 26.0 Å². The Morgan fingerprint density at radius 3 is 2.77 bits per heavy atom. The van der Waals surface area contributed by atoms with Crippen LogP contribution < -0.4 is 15.0 Å². The van der Waals surface area contributed by atoms with E-state index in [-0.39, 0.29) is 23.1 Å². The number of anilines is 1. The van der Waals surface area contributed by atoms with Crippen LogP contribution in [0, 0.1) is 11.2 Å². The number of carbonyl (C=O) groups excluding carboxylic acids is 1. The molecule has 1 fully saturated rings. The second-order valence-electron chi connectivity index (χ2n) is 9.06. The standard InChI is InChI=1S/C23H29FN4O2/c1-15(30-20-9-5-4-8-17(20)24)21(29)26-18-12-23(2,3)13-19-16(18)14-25-22(27-19)28-10-6-7-11-28/h4-5,8-9,14-15,18H,6-7,10-13H2,1-3H3,(H,26,29)/t15-,18+/m0/s1. The zero-order valence-electron chi connectivity index (χ0n) is 17.8. The molecule has 1 amide bonds. The summed E-state index contributed by atoms with van der Waals surface area (Å²) in [5.74, 6) is 0.0908. The maximum absolute atomic E-state index is 13.9. The summed E-state index contributed by atoms with van der Waals surface area (Å²) < 4.78 is 19.4. The van der Waals surface area contributed by atoms with E-state index in [9.17, 15) is 9.18 Å². The first kappa shape index (κ1) is 20.6. The molecule has 2 atom stereocenters. The number of para-hydroxylation sites is 1. The van der Waals surface area contributed by atoms with Crippen LogP contribution in [0.4, 0.5) is 10.3 Å². The van der Waals surface area contributed by atoms with Crippen LogP contribution in [0.3, 0.4) is 0 Å². The van der Waals surface area contributed by atoms with Crippen molar-refractivity contribution >= 4 is 11.9 Å². The highest BCUT2D eigenvalue weighted by atomic mass is 19.1. The maximum Gasteiger partial charge on any atom is 0.261 e. The Kier molecular flexibility index (Phi) is 5.62. The molecule has 2 aliphatic rings. The minimum absolute atomic E-state index is 0.00277. The Morgan fingerprint density at radius 1 is 1.30 bits per heavy atom. The van der Waals surface area contributed by atoms with Crippen molar-refractivity contribution in [2.24, 2.45) is 5.41 Å². The van der Waals surface area contributed by atoms with Crippen molar-refractivity contribution in [1.29, 1.82) is 0 Å². The van der Waals surface area contributed by atoms with E-state index < -0.39 is 11.9 Å². The highest BCUT2D eigenvalue weighted by Gasteiger charge is 2.35. The topological polar surface area (TPSA) is 67.3 Å². The molecule has 1 aromatic carbocycles. The minimum Gasteiger partial charge on any atom is -0.478 e. The number of hydrogen-bond donors (Lipinski definition) is 1. The summed E-state index contributed by atoms with van der Waals surface area (Å²) in [4.78, 5) is 24.5. The third-order valence-electron chi connectivity index (χ3n) is 5.88. The van der Waals surface area contributed by atoms with Crippen LogP contribution in [-0.4, -0.2) is 35.1 Å². The van der Waals surface area contributed by atoms with Gasteiger partial charge in [-0.2, -0.15) is 0 Å². The number of carbonyl (C=O) groups is 1. The van der Waals surface area contributed by atoms with E-state index in [0.29, 0.717) is 0 Å². The molecule has 1 aliphatic carbocycles. The van der Waals surface area contributed by atoms with Crippen LogP contribution in [0.1, 0.15) is 57.3 Å². The molecule has 4 rings (SSSR count). The van der Waals surface area contributed by atoms with Gasteiger partial charge >= 0.3 is 0 Å². The van der Waals surface area contributed by atoms with Crippen molar-refractivity contribution in [2.45, 2.75) is 58.6 Å². The van der Waals surface area contributed by atoms with Crippen LogP contribution in [0.5, 0.6) is 5.75 Å². The summed E-state index contributed by atoms with van der Waals surface area (Å²) in [6.07, 6.45) is 5.01. The number of benzene rings is 1. The average Bonchev–Trinajstić information content (AvgIpc) is 3.23. The second-order valence-corrected chi connectivity index (χ2v) is 9.06. The molecule has 1 aromatic heterocycles. The van der Waals surface area contributed by atoms with Crippen LogP contribution in [0.15, 0.2) is 30.5 Å². The zero-order valence-corrected chi connectivity index (χ0v) is 17.8. The monoisotopic (exact) mass is 412 g/mol. The highest BCUT2D eigenvalue weighted by Crippen LogP contribution is 2.40. The lowest BCUT2D eigenvalue weighted by atomic mass is 9.74. The Hall–Kier alpha value is -2.70. The van der Waals surface area contributed by atoms with Crippen molar-refractivity contribution in [3.8, 4) is 5.75 Å². The van der Waals surface area contributed by atoms with E-state index in [1.165, 1.54) is 25.0 Å². The predicted molar refractivity (Wildman–Crippen MR) is 113 cm³/mol. The van der Waals surface area contributed by atoms with Gasteiger partial charge < -0.3 is 15.0 Å². The predicted octanol–water partition coefficient (Wildman–Crippen LogP) is 3.81. The molecule has 1 N–H and O–H groups in total. The van der Waals surface area contributed by atoms with Gasteiger partial charge in [0, 0.05) is 24.8 Å². The fourth-order valence-electron chi connectivity index (χ4n) is 4.31. The normalized spacial score (nSPS) is 21.1. The number of halogens is 1. The summed E-state index contributed by atoms with van der Waals surface area (Å²) in [5, 5.41) is 3.08. The van der Waals surface area contributed by atoms with Crippen LogP contribution in [0.25, 0.3) is 0 Å². The van der Waals surface area contributed by atoms with Crippen molar-refractivity contribution < 1.29 is 13.9 Å². The molecule has 6 nitrogen and oxygen atoms in total. The molecule has 1 saturated heterocycles. The Morgan fingerprint density at radius 2 is 2.03 bits per heavy atom. The average molecular weight is 413 g/mol. The smallest absolute Gasteiger partial charge is 0.261 e. The first-order valence-electron chi connectivity index (χ1n) is 10.6. The summed E-state index contributed by atoms with van der Waals surface area (Å²) >= 11 is 0. The van der Waals surface area contributed by atoms with E-state index in [1.54, 1.807) is 19.1 Å². The summed E-state index contributed by atoms with van der Waals surface area (Å²) in [7, 11) is 0. The molecular weight excluding hydrogens is 383 g/mol. The largest absolute Gasteiger partial charge is 0.478 e. The molecule has 0 spiro atoms. The number of hydrogen-bond acceptors (Lipinski definition) is 5. The molecule has 2 heterocycles. The molecule has 30 heavy (non-hydrogen) atoms. The van der Waals surface area contributed by atoms with Gasteiger partial charge in [0.1, 0.15) is 0 Å². The lowest BCUT2D eigenvalue weighted by molar-refractivity contribution is -0.128. The van der Waals surface area contributed by atoms with Crippen LogP contribution in [-0.2, 0) is 11.2 Å². The molecule has 0 saturated carbocycles. The van der Waals surface area contributed by atoms with Crippen LogP contribution in [0.2, 0.25) is 0 Å². The van der Waals surface area contributed by atoms with Gasteiger partial charge in [0.2, 0.25) is 5.95 Å². The minimum atomic E-state index is -0.819. The SMILES string of the molecule is C[C@H](Oc1ccccc1F)C(=O)N[C@@H]1CC(C)(C)Cc2nc(N3CCCC3)ncc21. The number of aromatic nitrogens is 2. The number of ether oxygens (including phenoxy) is 1. The Bertz CT molecular complexity index is 927. The summed E-state index contributed by atoms with van der Waals surface area (Å²) in [6, 6.07) is 5.90. The van der Waals surface area contributed by atoms with E-state index in [1.807, 2.05) is 6.20 Å². The van der Waals surface area contributed by atoms with E-state index in [4.69, 9.17) is 9.72 Å². The van der Waals surface area contributed by atoms with Crippen molar-refractivity contribution in [3.05, 3.63) is 47.5 Å². The Balaban J connectivity index is 1.51. The molecule has 2 aromatic rings. The fraction of sp³-hybridized carbons (Fsp3) is 0.522. The Labute approximate surface area is 176 Å². The van der Waals surface area contributed by atoms with E-state index in [0.717, 1.165) is 43.1 Å². The van der Waals surface area contributed by atoms with Gasteiger partial charge in [-0.25, -0.2) is 14.4 Å².